The van der Waals surface area contributed by atoms with Gasteiger partial charge in [-0.25, -0.2) is 13.4 Å². The third-order valence-corrected chi connectivity index (χ3v) is 6.67. The van der Waals surface area contributed by atoms with Crippen molar-refractivity contribution in [2.45, 2.75) is 6.92 Å². The number of oxazole rings is 1. The van der Waals surface area contributed by atoms with Crippen molar-refractivity contribution < 1.29 is 17.6 Å². The van der Waals surface area contributed by atoms with Gasteiger partial charge in [-0.05, 0) is 36.8 Å². The van der Waals surface area contributed by atoms with Crippen molar-refractivity contribution in [3.05, 3.63) is 66.2 Å². The molecule has 1 amide bonds. The Morgan fingerprint density at radius 2 is 1.71 bits per heavy atom. The fourth-order valence-corrected chi connectivity index (χ4v) is 4.48. The topological polar surface area (TPSA) is 95.8 Å². The lowest BCUT2D eigenvalue weighted by Gasteiger charge is -2.34. The maximum atomic E-state index is 12.8. The number of nitrogens with one attached hydrogen (secondary N) is 1. The number of aromatic nitrogens is 1. The molecule has 2 aromatic carbocycles. The molecule has 1 aliphatic rings. The molecule has 8 nitrogen and oxygen atoms in total. The highest BCUT2D eigenvalue weighted by molar-refractivity contribution is 7.88. The van der Waals surface area contributed by atoms with Crippen LogP contribution in [0.15, 0.2) is 59.3 Å². The van der Waals surface area contributed by atoms with E-state index in [-0.39, 0.29) is 11.6 Å². The minimum Gasteiger partial charge on any atom is -0.443 e. The van der Waals surface area contributed by atoms with Crippen molar-refractivity contribution in [2.75, 3.05) is 42.7 Å². The van der Waals surface area contributed by atoms with Crippen molar-refractivity contribution in [1.29, 1.82) is 0 Å². The maximum Gasteiger partial charge on any atom is 0.278 e. The lowest BCUT2D eigenvalue weighted by Crippen LogP contribution is -2.48. The van der Waals surface area contributed by atoms with Gasteiger partial charge in [-0.3, -0.25) is 4.79 Å². The highest BCUT2D eigenvalue weighted by Crippen LogP contribution is 2.27. The van der Waals surface area contributed by atoms with Crippen LogP contribution in [0, 0.1) is 6.92 Å². The van der Waals surface area contributed by atoms with Gasteiger partial charge < -0.3 is 14.6 Å². The summed E-state index contributed by atoms with van der Waals surface area (Å²) in [6.45, 7) is 4.12. The summed E-state index contributed by atoms with van der Waals surface area (Å²) in [5.74, 6) is 0.0949. The Bertz CT molecular complexity index is 1180. The summed E-state index contributed by atoms with van der Waals surface area (Å²) in [7, 11) is -3.15. The van der Waals surface area contributed by atoms with Gasteiger partial charge in [0, 0.05) is 43.1 Å². The highest BCUT2D eigenvalue weighted by Gasteiger charge is 2.24. The number of sulfonamides is 1. The van der Waals surface area contributed by atoms with Gasteiger partial charge in [0.1, 0.15) is 0 Å². The molecule has 1 aromatic heterocycles. The molecule has 0 spiro atoms. The third-order valence-electron chi connectivity index (χ3n) is 5.37. The number of benzene rings is 2. The Labute approximate surface area is 181 Å². The van der Waals surface area contributed by atoms with Gasteiger partial charge >= 0.3 is 0 Å². The lowest BCUT2D eigenvalue weighted by molar-refractivity contribution is 0.102. The van der Waals surface area contributed by atoms with Crippen LogP contribution in [0.5, 0.6) is 0 Å². The van der Waals surface area contributed by atoms with E-state index in [1.807, 2.05) is 55.5 Å². The zero-order chi connectivity index (χ0) is 22.0. The SMILES string of the molecule is Cc1ccccc1-c1ocnc1C(=O)Nc1ccc(N2CCN(S(C)(=O)=O)CC2)cc1. The van der Waals surface area contributed by atoms with Gasteiger partial charge in [-0.15, -0.1) is 0 Å². The molecule has 0 bridgehead atoms. The summed E-state index contributed by atoms with van der Waals surface area (Å²) in [5.41, 5.74) is 3.67. The van der Waals surface area contributed by atoms with Crippen molar-refractivity contribution in [2.24, 2.45) is 0 Å². The van der Waals surface area contributed by atoms with Crippen LogP contribution in [-0.4, -0.2) is 56.0 Å². The summed E-state index contributed by atoms with van der Waals surface area (Å²) < 4.78 is 30.3. The molecule has 0 aliphatic carbocycles. The number of anilines is 2. The average molecular weight is 441 g/mol. The van der Waals surface area contributed by atoms with E-state index in [1.165, 1.54) is 17.0 Å². The number of nitrogens with zero attached hydrogens (tertiary/aromatic N) is 3. The van der Waals surface area contributed by atoms with Gasteiger partial charge in [0.15, 0.2) is 17.8 Å². The van der Waals surface area contributed by atoms with Crippen LogP contribution < -0.4 is 10.2 Å². The van der Waals surface area contributed by atoms with E-state index in [0.717, 1.165) is 16.8 Å². The average Bonchev–Trinajstić information content (AvgIpc) is 3.24. The van der Waals surface area contributed by atoms with Gasteiger partial charge in [-0.2, -0.15) is 4.31 Å². The quantitative estimate of drug-likeness (QED) is 0.655. The minimum absolute atomic E-state index is 0.232. The molecule has 0 radical (unpaired) electrons. The predicted molar refractivity (Wildman–Crippen MR) is 120 cm³/mol. The predicted octanol–water partition coefficient (Wildman–Crippen LogP) is 2.98. The molecule has 9 heteroatoms. The van der Waals surface area contributed by atoms with Crippen LogP contribution in [-0.2, 0) is 10.0 Å². The van der Waals surface area contributed by atoms with Crippen molar-refractivity contribution in [3.63, 3.8) is 0 Å². The number of piperazine rings is 1. The number of hydrogen-bond donors (Lipinski definition) is 1. The molecule has 4 rings (SSSR count). The largest absolute Gasteiger partial charge is 0.443 e. The van der Waals surface area contributed by atoms with E-state index in [4.69, 9.17) is 4.42 Å². The molecular weight excluding hydrogens is 416 g/mol. The van der Waals surface area contributed by atoms with Crippen LogP contribution in [0.2, 0.25) is 0 Å². The zero-order valence-corrected chi connectivity index (χ0v) is 18.2. The maximum absolute atomic E-state index is 12.8. The van der Waals surface area contributed by atoms with Gasteiger partial charge in [-0.1, -0.05) is 24.3 Å². The Morgan fingerprint density at radius 1 is 1.03 bits per heavy atom. The molecule has 0 atom stereocenters. The zero-order valence-electron chi connectivity index (χ0n) is 17.4. The second-order valence-electron chi connectivity index (χ2n) is 7.50. The van der Waals surface area contributed by atoms with Gasteiger partial charge in [0.25, 0.3) is 5.91 Å². The molecule has 1 saturated heterocycles. The molecule has 2 heterocycles. The number of rotatable bonds is 5. The van der Waals surface area contributed by atoms with Crippen LogP contribution in [0.25, 0.3) is 11.3 Å². The Morgan fingerprint density at radius 3 is 2.35 bits per heavy atom. The lowest BCUT2D eigenvalue weighted by atomic mass is 10.1. The van der Waals surface area contributed by atoms with E-state index in [0.29, 0.717) is 37.6 Å². The first-order chi connectivity index (χ1) is 14.8. The van der Waals surface area contributed by atoms with Crippen molar-refractivity contribution >= 4 is 27.3 Å². The third kappa shape index (κ3) is 4.62. The standard InChI is InChI=1S/C22H24N4O4S/c1-16-5-3-4-6-19(16)21-20(23-15-30-21)22(27)24-17-7-9-18(10-8-17)25-11-13-26(14-12-25)31(2,28)29/h3-10,15H,11-14H2,1-2H3,(H,24,27). The van der Waals surface area contributed by atoms with Gasteiger partial charge in [0.2, 0.25) is 10.0 Å². The van der Waals surface area contributed by atoms with E-state index in [9.17, 15) is 13.2 Å². The first kappa shape index (κ1) is 21.1. The summed E-state index contributed by atoms with van der Waals surface area (Å²) >= 11 is 0. The molecule has 0 saturated carbocycles. The number of carbonyl (C=O) groups is 1. The first-order valence-corrected chi connectivity index (χ1v) is 11.8. The summed E-state index contributed by atoms with van der Waals surface area (Å²) in [5, 5.41) is 2.86. The Kier molecular flexibility index (Phi) is 5.79. The number of aryl methyl sites for hydroxylation is 1. The molecule has 1 fully saturated rings. The van der Waals surface area contributed by atoms with E-state index < -0.39 is 10.0 Å². The number of amides is 1. The normalized spacial score (nSPS) is 15.1. The van der Waals surface area contributed by atoms with Gasteiger partial charge in [0.05, 0.1) is 6.26 Å². The summed E-state index contributed by atoms with van der Waals surface area (Å²) in [6, 6.07) is 15.1. The van der Waals surface area contributed by atoms with Crippen LogP contribution in [0.1, 0.15) is 16.1 Å². The molecule has 162 valence electrons. The molecule has 1 N–H and O–H groups in total. The van der Waals surface area contributed by atoms with Crippen molar-refractivity contribution in [1.82, 2.24) is 9.29 Å². The van der Waals surface area contributed by atoms with E-state index in [1.54, 1.807) is 0 Å². The first-order valence-electron chi connectivity index (χ1n) is 9.94. The van der Waals surface area contributed by atoms with E-state index >= 15 is 0 Å². The number of hydrogen-bond acceptors (Lipinski definition) is 6. The molecule has 31 heavy (non-hydrogen) atoms. The monoisotopic (exact) mass is 440 g/mol. The van der Waals surface area contributed by atoms with Crippen molar-refractivity contribution in [3.8, 4) is 11.3 Å². The molecule has 0 unspecified atom stereocenters. The minimum atomic E-state index is -3.15. The van der Waals surface area contributed by atoms with E-state index in [2.05, 4.69) is 15.2 Å². The van der Waals surface area contributed by atoms with Crippen LogP contribution in [0.4, 0.5) is 11.4 Å². The Hall–Kier alpha value is -3.17. The Balaban J connectivity index is 1.43. The van der Waals surface area contributed by atoms with Crippen LogP contribution >= 0.6 is 0 Å². The smallest absolute Gasteiger partial charge is 0.278 e. The summed E-state index contributed by atoms with van der Waals surface area (Å²) in [6.07, 6.45) is 2.51. The molecule has 1 aliphatic heterocycles. The fraction of sp³-hybridized carbons (Fsp3) is 0.273. The number of carbonyl (C=O) groups excluding carboxylic acids is 1. The molecule has 3 aromatic rings. The van der Waals surface area contributed by atoms with Crippen LogP contribution in [0.3, 0.4) is 0 Å². The summed E-state index contributed by atoms with van der Waals surface area (Å²) in [4.78, 5) is 19.0. The molecular formula is C22H24N4O4S. The highest BCUT2D eigenvalue weighted by atomic mass is 32.2. The fourth-order valence-electron chi connectivity index (χ4n) is 3.65. The second kappa shape index (κ2) is 8.52. The second-order valence-corrected chi connectivity index (χ2v) is 9.48.